The van der Waals surface area contributed by atoms with E-state index in [9.17, 15) is 9.90 Å². The van der Waals surface area contributed by atoms with Crippen LogP contribution in [-0.4, -0.2) is 38.1 Å². The molecule has 0 saturated carbocycles. The molecule has 0 aromatic carbocycles. The van der Waals surface area contributed by atoms with Gasteiger partial charge < -0.3 is 14.4 Å². The molecule has 0 unspecified atom stereocenters. The zero-order chi connectivity index (χ0) is 15.1. The summed E-state index contributed by atoms with van der Waals surface area (Å²) in [6.07, 6.45) is 9.70. The normalized spacial score (nSPS) is 10.8. The smallest absolute Gasteiger partial charge is 0.0780 e. The highest BCUT2D eigenvalue weighted by Crippen LogP contribution is 2.03. The van der Waals surface area contributed by atoms with E-state index in [4.69, 9.17) is 0 Å². The lowest BCUT2D eigenvalue weighted by Gasteiger charge is -2.23. The minimum Gasteiger partial charge on any atom is -0.550 e. The average molecular weight is 273 g/mol. The van der Waals surface area contributed by atoms with Crippen LogP contribution in [0.25, 0.3) is 0 Å². The van der Waals surface area contributed by atoms with Crippen molar-refractivity contribution in [3.63, 3.8) is 0 Å². The molecule has 0 aromatic rings. The Morgan fingerprint density at radius 3 is 1.74 bits per heavy atom. The first-order chi connectivity index (χ1) is 8.83. The van der Waals surface area contributed by atoms with Gasteiger partial charge in [0, 0.05) is 5.97 Å². The van der Waals surface area contributed by atoms with Crippen molar-refractivity contribution in [1.29, 1.82) is 0 Å². The molecule has 0 fully saturated rings. The van der Waals surface area contributed by atoms with Gasteiger partial charge >= 0.3 is 0 Å². The van der Waals surface area contributed by atoms with Crippen LogP contribution in [0, 0.1) is 0 Å². The zero-order valence-electron chi connectivity index (χ0n) is 13.8. The monoisotopic (exact) mass is 273 g/mol. The predicted molar refractivity (Wildman–Crippen MR) is 80.8 cm³/mol. The van der Waals surface area contributed by atoms with Crippen molar-refractivity contribution in [3.05, 3.63) is 0 Å². The number of carboxylic acids is 1. The van der Waals surface area contributed by atoms with Gasteiger partial charge in [0.25, 0.3) is 0 Å². The standard InChI is InChI=1S/C8H20N.C8H16O2/c1-5-6-7-8-9(2,3)4;1-2-3-4-5-6-7-8(9)10/h5-8H2,1-4H3;2-7H2,1H3,(H,9,10)/q+1;/p-1. The summed E-state index contributed by atoms with van der Waals surface area (Å²) < 4.78 is 1.11. The summed E-state index contributed by atoms with van der Waals surface area (Å²) in [5.74, 6) is -0.920. The van der Waals surface area contributed by atoms with Crippen LogP contribution in [0.5, 0.6) is 0 Å². The van der Waals surface area contributed by atoms with Crippen molar-refractivity contribution in [1.82, 2.24) is 0 Å². The second-order valence-electron chi connectivity index (χ2n) is 6.26. The molecule has 116 valence electrons. The number of carbonyl (C=O) groups is 1. The Bertz CT molecular complexity index is 197. The summed E-state index contributed by atoms with van der Waals surface area (Å²) in [7, 11) is 6.74. The van der Waals surface area contributed by atoms with E-state index in [0.29, 0.717) is 0 Å². The summed E-state index contributed by atoms with van der Waals surface area (Å²) >= 11 is 0. The summed E-state index contributed by atoms with van der Waals surface area (Å²) in [6.45, 7) is 5.70. The second kappa shape index (κ2) is 13.9. The van der Waals surface area contributed by atoms with Gasteiger partial charge in [-0.25, -0.2) is 0 Å². The van der Waals surface area contributed by atoms with Gasteiger partial charge in [0.05, 0.1) is 27.7 Å². The lowest BCUT2D eigenvalue weighted by Crippen LogP contribution is -2.35. The van der Waals surface area contributed by atoms with Gasteiger partial charge in [-0.05, 0) is 25.7 Å². The summed E-state index contributed by atoms with van der Waals surface area (Å²) in [5, 5.41) is 9.92. The zero-order valence-corrected chi connectivity index (χ0v) is 13.8. The number of nitrogens with zero attached hydrogens (tertiary/aromatic N) is 1. The van der Waals surface area contributed by atoms with E-state index in [1.165, 1.54) is 38.6 Å². The Kier molecular flexibility index (Phi) is 15.1. The van der Waals surface area contributed by atoms with Crippen LogP contribution >= 0.6 is 0 Å². The lowest BCUT2D eigenvalue weighted by molar-refractivity contribution is -0.870. The number of quaternary nitrogens is 1. The second-order valence-corrected chi connectivity index (χ2v) is 6.26. The fraction of sp³-hybridized carbons (Fsp3) is 0.938. The first-order valence-electron chi connectivity index (χ1n) is 7.83. The van der Waals surface area contributed by atoms with E-state index in [1.807, 2.05) is 0 Å². The van der Waals surface area contributed by atoms with Crippen LogP contribution in [0.2, 0.25) is 0 Å². The average Bonchev–Trinajstić information content (AvgIpc) is 2.28. The molecule has 0 atom stereocenters. The molecule has 0 radical (unpaired) electrons. The molecule has 0 aliphatic rings. The molecular weight excluding hydrogens is 238 g/mol. The molecule has 0 bridgehead atoms. The predicted octanol–water partition coefficient (Wildman–Crippen LogP) is 2.98. The molecule has 0 saturated heterocycles. The van der Waals surface area contributed by atoms with Crippen LogP contribution in [0.3, 0.4) is 0 Å². The SMILES string of the molecule is CCCCCCCC(=O)[O-].CCCCC[N+](C)(C)C. The molecule has 0 aliphatic carbocycles. The number of unbranched alkanes of at least 4 members (excludes halogenated alkanes) is 6. The maximum atomic E-state index is 9.92. The van der Waals surface area contributed by atoms with Gasteiger partial charge in [-0.1, -0.05) is 46.0 Å². The van der Waals surface area contributed by atoms with Crippen molar-refractivity contribution >= 4 is 5.97 Å². The van der Waals surface area contributed by atoms with Gasteiger partial charge in [0.15, 0.2) is 0 Å². The van der Waals surface area contributed by atoms with Gasteiger partial charge in [-0.15, -0.1) is 0 Å². The Morgan fingerprint density at radius 2 is 1.32 bits per heavy atom. The van der Waals surface area contributed by atoms with E-state index in [0.717, 1.165) is 23.7 Å². The first kappa shape index (κ1) is 20.7. The summed E-state index contributed by atoms with van der Waals surface area (Å²) in [6, 6.07) is 0. The maximum absolute atomic E-state index is 9.92. The fourth-order valence-corrected chi connectivity index (χ4v) is 1.71. The molecule has 0 aliphatic heterocycles. The molecular formula is C16H35NO2. The van der Waals surface area contributed by atoms with E-state index in [1.54, 1.807) is 0 Å². The Labute approximate surface area is 120 Å². The highest BCUT2D eigenvalue weighted by Gasteiger charge is 2.03. The molecule has 3 nitrogen and oxygen atoms in total. The molecule has 19 heavy (non-hydrogen) atoms. The van der Waals surface area contributed by atoms with Crippen molar-refractivity contribution in [2.24, 2.45) is 0 Å². The van der Waals surface area contributed by atoms with Crippen LogP contribution in [0.1, 0.15) is 71.6 Å². The van der Waals surface area contributed by atoms with Crippen LogP contribution in [-0.2, 0) is 4.79 Å². The molecule has 3 heteroatoms. The quantitative estimate of drug-likeness (QED) is 0.453. The van der Waals surface area contributed by atoms with E-state index >= 15 is 0 Å². The molecule has 0 amide bonds. The van der Waals surface area contributed by atoms with Crippen molar-refractivity contribution < 1.29 is 14.4 Å². The van der Waals surface area contributed by atoms with Gasteiger partial charge in [-0.3, -0.25) is 0 Å². The van der Waals surface area contributed by atoms with Gasteiger partial charge in [-0.2, -0.15) is 0 Å². The highest BCUT2D eigenvalue weighted by atomic mass is 16.4. The number of rotatable bonds is 10. The maximum Gasteiger partial charge on any atom is 0.0780 e. The molecule has 0 N–H and O–H groups in total. The van der Waals surface area contributed by atoms with Crippen LogP contribution in [0.15, 0.2) is 0 Å². The molecule has 0 spiro atoms. The topological polar surface area (TPSA) is 40.1 Å². The van der Waals surface area contributed by atoms with Crippen LogP contribution in [0.4, 0.5) is 0 Å². The lowest BCUT2D eigenvalue weighted by atomic mass is 10.1. The number of carbonyl (C=O) groups excluding carboxylic acids is 1. The minimum atomic E-state index is -0.920. The third-order valence-electron chi connectivity index (χ3n) is 2.92. The number of hydrogen-bond donors (Lipinski definition) is 0. The highest BCUT2D eigenvalue weighted by molar-refractivity contribution is 5.63. The summed E-state index contributed by atoms with van der Waals surface area (Å²) in [5.41, 5.74) is 0. The number of aliphatic carboxylic acids is 1. The van der Waals surface area contributed by atoms with Gasteiger partial charge in [0.2, 0.25) is 0 Å². The van der Waals surface area contributed by atoms with Gasteiger partial charge in [0.1, 0.15) is 0 Å². The molecule has 0 heterocycles. The Morgan fingerprint density at radius 1 is 0.842 bits per heavy atom. The Balaban J connectivity index is 0. The van der Waals surface area contributed by atoms with Crippen molar-refractivity contribution in [2.45, 2.75) is 71.6 Å². The Hall–Kier alpha value is -0.570. The van der Waals surface area contributed by atoms with Crippen molar-refractivity contribution in [3.8, 4) is 0 Å². The third kappa shape index (κ3) is 26.9. The third-order valence-corrected chi connectivity index (χ3v) is 2.92. The largest absolute Gasteiger partial charge is 0.550 e. The van der Waals surface area contributed by atoms with E-state index in [-0.39, 0.29) is 6.42 Å². The summed E-state index contributed by atoms with van der Waals surface area (Å²) in [4.78, 5) is 9.92. The molecule has 0 rings (SSSR count). The minimum absolute atomic E-state index is 0.226. The fourth-order valence-electron chi connectivity index (χ4n) is 1.71. The van der Waals surface area contributed by atoms with Crippen LogP contribution < -0.4 is 5.11 Å². The molecule has 0 aromatic heterocycles. The first-order valence-corrected chi connectivity index (χ1v) is 7.83. The van der Waals surface area contributed by atoms with E-state index < -0.39 is 5.97 Å². The van der Waals surface area contributed by atoms with E-state index in [2.05, 4.69) is 35.0 Å². The van der Waals surface area contributed by atoms with Crippen molar-refractivity contribution in [2.75, 3.05) is 27.7 Å². The number of hydrogen-bond acceptors (Lipinski definition) is 2. The number of carboxylic acid groups (broad SMARTS) is 1.